The van der Waals surface area contributed by atoms with Crippen molar-refractivity contribution in [1.82, 2.24) is 15.2 Å². The maximum atomic E-state index is 15.6. The van der Waals surface area contributed by atoms with Gasteiger partial charge in [-0.1, -0.05) is 220 Å². The molecule has 8 aromatic rings. The van der Waals surface area contributed by atoms with Gasteiger partial charge in [0.1, 0.15) is 46.5 Å². The number of β-lactam (4-membered cyclic amide) rings is 1. The van der Waals surface area contributed by atoms with Gasteiger partial charge < -0.3 is 29.4 Å². The number of anilines is 1. The first-order valence-corrected chi connectivity index (χ1v) is 32.0. The van der Waals surface area contributed by atoms with Gasteiger partial charge in [-0.05, 0) is 65.4 Å². The maximum Gasteiger partial charge on any atom is 0.355 e. The largest absolute Gasteiger partial charge is 0.547 e. The minimum atomic E-state index is -1.73. The molecule has 0 aliphatic carbocycles. The van der Waals surface area contributed by atoms with Crippen LogP contribution in [-0.2, 0) is 46.1 Å². The predicted octanol–water partition coefficient (Wildman–Crippen LogP) is 13.0. The normalized spacial score (nSPS) is 15.7. The number of carbonyl (C=O) groups excluding carboxylic acids is 3. The van der Waals surface area contributed by atoms with Crippen LogP contribution in [0.4, 0.5) is 5.13 Å². The molecular formula is C67H65N5O7S2Si. The van der Waals surface area contributed by atoms with Gasteiger partial charge in [0.25, 0.3) is 11.8 Å². The Labute approximate surface area is 489 Å². The van der Waals surface area contributed by atoms with E-state index in [2.05, 4.69) is 80.9 Å². The van der Waals surface area contributed by atoms with Gasteiger partial charge in [-0.2, -0.15) is 0 Å². The predicted molar refractivity (Wildman–Crippen MR) is 329 cm³/mol. The molecule has 0 spiro atoms. The summed E-state index contributed by atoms with van der Waals surface area (Å²) in [4.78, 5) is 58.8. The summed E-state index contributed by atoms with van der Waals surface area (Å²) in [5, 5.41) is 13.4. The smallest absolute Gasteiger partial charge is 0.355 e. The third kappa shape index (κ3) is 12.1. The number of hydrogen-bond acceptors (Lipinski definition) is 12. The second-order valence-electron chi connectivity index (χ2n) is 21.4. The summed E-state index contributed by atoms with van der Waals surface area (Å²) >= 11 is 2.75. The minimum absolute atomic E-state index is 0.0512. The number of benzene rings is 7. The molecule has 0 radical (unpaired) electrons. The summed E-state index contributed by atoms with van der Waals surface area (Å²) in [5.74, 6) is -0.357. The van der Waals surface area contributed by atoms with Crippen molar-refractivity contribution in [1.29, 1.82) is 0 Å². The molecule has 1 saturated heterocycles. The number of aromatic nitrogens is 1. The van der Waals surface area contributed by atoms with Crippen molar-refractivity contribution >= 4 is 60.8 Å². The number of methoxy groups -OCH3 is 1. The molecule has 0 bridgehead atoms. The molecule has 416 valence electrons. The zero-order valence-electron chi connectivity index (χ0n) is 46.7. The Morgan fingerprint density at radius 2 is 1.20 bits per heavy atom. The standard InChI is InChI=1S/C67H65N5O7S2Si/c1-65(2,3)42-41-56(78-82(5)6)54-44-80-62-58(61(74)72(62)59(54)63(75)77-43-46-37-39-53(76-4)40-38-46)69-60(73)57(71-79-67(50-31-19-10-20-32-50,51-33-21-11-22-34-51)52-35-23-12-24-36-52)55-45-81-64(68-55)70-66(47-25-13-7-14-26-47,48-27-15-8-16-28-48)49-29-17-9-18-30-49/h7-41,45,58,62,82H,42-44H2,1-6H3,(H,68,70)(H,69,73)/b56-41-,71-57-/t58?,62-/m1/s1. The van der Waals surface area contributed by atoms with Gasteiger partial charge in [0.05, 0.1) is 7.11 Å². The van der Waals surface area contributed by atoms with Crippen LogP contribution < -0.4 is 15.4 Å². The van der Waals surface area contributed by atoms with E-state index in [0.717, 1.165) is 38.9 Å². The lowest BCUT2D eigenvalue weighted by Crippen LogP contribution is -2.71. The van der Waals surface area contributed by atoms with Gasteiger partial charge in [0.2, 0.25) is 14.6 Å². The number of nitrogens with one attached hydrogen (secondary N) is 2. The summed E-state index contributed by atoms with van der Waals surface area (Å²) in [5.41, 5.74) is 4.17. The number of hydrogen-bond donors (Lipinski definition) is 2. The zero-order chi connectivity index (χ0) is 57.3. The first-order valence-electron chi connectivity index (χ1n) is 27.3. The number of esters is 1. The minimum Gasteiger partial charge on any atom is -0.547 e. The van der Waals surface area contributed by atoms with Gasteiger partial charge in [-0.25, -0.2) is 9.78 Å². The second-order valence-corrected chi connectivity index (χ2v) is 25.7. The Balaban J connectivity index is 1.06. The summed E-state index contributed by atoms with van der Waals surface area (Å²) in [7, 11) is -0.146. The van der Waals surface area contributed by atoms with Crippen LogP contribution in [0.3, 0.4) is 0 Å². The molecular weight excluding hydrogens is 1080 g/mol. The molecule has 2 N–H and O–H groups in total. The van der Waals surface area contributed by atoms with Gasteiger partial charge >= 0.3 is 5.97 Å². The quantitative estimate of drug-likeness (QED) is 0.0136. The molecule has 2 aliphatic heterocycles. The topological polar surface area (TPSA) is 141 Å². The summed E-state index contributed by atoms with van der Waals surface area (Å²) in [6.07, 6.45) is 2.68. The van der Waals surface area contributed by atoms with Crippen molar-refractivity contribution < 1.29 is 33.1 Å². The van der Waals surface area contributed by atoms with Crippen LogP contribution in [0.1, 0.15) is 71.8 Å². The summed E-state index contributed by atoms with van der Waals surface area (Å²) in [6, 6.07) is 65.9. The van der Waals surface area contributed by atoms with E-state index in [1.165, 1.54) is 28.0 Å². The first-order chi connectivity index (χ1) is 39.8. The molecule has 3 heterocycles. The zero-order valence-corrected chi connectivity index (χ0v) is 49.4. The van der Waals surface area contributed by atoms with Crippen molar-refractivity contribution in [2.75, 3.05) is 18.2 Å². The molecule has 10 rings (SSSR count). The number of allylic oxidation sites excluding steroid dienone is 2. The molecule has 2 atom stereocenters. The van der Waals surface area contributed by atoms with E-state index in [0.29, 0.717) is 34.4 Å². The highest BCUT2D eigenvalue weighted by Gasteiger charge is 2.55. The number of rotatable bonds is 21. The molecule has 2 aliphatic rings. The van der Waals surface area contributed by atoms with Crippen LogP contribution in [0.5, 0.6) is 5.75 Å². The Kier molecular flexibility index (Phi) is 17.4. The van der Waals surface area contributed by atoms with Gasteiger partial charge in [0.15, 0.2) is 10.8 Å². The second kappa shape index (κ2) is 25.1. The molecule has 1 fully saturated rings. The highest BCUT2D eigenvalue weighted by molar-refractivity contribution is 8.00. The van der Waals surface area contributed by atoms with E-state index in [-0.39, 0.29) is 29.1 Å². The molecule has 7 aromatic carbocycles. The molecule has 2 amide bonds. The van der Waals surface area contributed by atoms with E-state index >= 15 is 4.79 Å². The lowest BCUT2D eigenvalue weighted by atomic mass is 9.77. The summed E-state index contributed by atoms with van der Waals surface area (Å²) < 4.78 is 18.0. The van der Waals surface area contributed by atoms with Gasteiger partial charge in [-0.3, -0.25) is 14.5 Å². The van der Waals surface area contributed by atoms with Gasteiger partial charge in [-0.15, -0.1) is 23.1 Å². The monoisotopic (exact) mass is 1140 g/mol. The fourth-order valence-electron chi connectivity index (χ4n) is 10.2. The van der Waals surface area contributed by atoms with Crippen molar-refractivity contribution in [2.24, 2.45) is 10.6 Å². The van der Waals surface area contributed by atoms with Crippen molar-refractivity contribution in [3.05, 3.63) is 279 Å². The lowest BCUT2D eigenvalue weighted by molar-refractivity contribution is -0.153. The SMILES string of the molecule is COc1ccc(COC(=O)C2=C(/C(=C/CC(C)(C)C)O[SiH](C)C)CS[C@@H]3C(NC(=O)/C(=N\OC(c4ccccc4)(c4ccccc4)c4ccccc4)c4csc(NC(c5ccccc5)(c5ccccc5)c5ccccc5)n4)C(=O)N23)cc1. The van der Waals surface area contributed by atoms with E-state index in [1.807, 2.05) is 164 Å². The van der Waals surface area contributed by atoms with E-state index in [4.69, 9.17) is 28.9 Å². The van der Waals surface area contributed by atoms with Crippen LogP contribution in [0, 0.1) is 5.41 Å². The number of oxime groups is 1. The van der Waals surface area contributed by atoms with Crippen molar-refractivity contribution in [3.63, 3.8) is 0 Å². The number of nitrogens with zero attached hydrogens (tertiary/aromatic N) is 3. The maximum absolute atomic E-state index is 15.6. The molecule has 0 saturated carbocycles. The van der Waals surface area contributed by atoms with Crippen molar-refractivity contribution in [2.45, 2.75) is 69.4 Å². The number of fused-ring (bicyclic) bond motifs is 1. The lowest BCUT2D eigenvalue weighted by Gasteiger charge is -2.49. The fraction of sp³-hybridized carbons (Fsp3) is 0.209. The number of thiazole rings is 1. The molecule has 1 unspecified atom stereocenters. The average Bonchev–Trinajstić information content (AvgIpc) is 3.71. The van der Waals surface area contributed by atoms with Crippen LogP contribution in [0.25, 0.3) is 0 Å². The van der Waals surface area contributed by atoms with Crippen LogP contribution in [0.2, 0.25) is 13.1 Å². The first kappa shape index (κ1) is 56.8. The molecule has 12 nitrogen and oxygen atoms in total. The van der Waals surface area contributed by atoms with E-state index in [1.54, 1.807) is 24.6 Å². The molecule has 1 aromatic heterocycles. The third-order valence-electron chi connectivity index (χ3n) is 14.2. The summed E-state index contributed by atoms with van der Waals surface area (Å²) in [6.45, 7) is 10.5. The number of thioether (sulfide) groups is 1. The van der Waals surface area contributed by atoms with E-state index < -0.39 is 49.4 Å². The van der Waals surface area contributed by atoms with E-state index in [9.17, 15) is 9.59 Å². The molecule has 15 heteroatoms. The highest BCUT2D eigenvalue weighted by atomic mass is 32.2. The Bertz CT molecular complexity index is 3390. The fourth-order valence-corrected chi connectivity index (χ4v) is 13.1. The average molecular weight is 1140 g/mol. The number of amides is 2. The van der Waals surface area contributed by atoms with Crippen LogP contribution in [0.15, 0.2) is 240 Å². The van der Waals surface area contributed by atoms with Crippen molar-refractivity contribution in [3.8, 4) is 5.75 Å². The van der Waals surface area contributed by atoms with Gasteiger partial charge in [0, 0.05) is 33.4 Å². The number of carbonyl (C=O) groups is 3. The molecule has 82 heavy (non-hydrogen) atoms. The Morgan fingerprint density at radius 3 is 1.66 bits per heavy atom. The highest BCUT2D eigenvalue weighted by Crippen LogP contribution is 2.45. The number of ether oxygens (including phenoxy) is 2. The third-order valence-corrected chi connectivity index (χ3v) is 17.0. The Hall–Kier alpha value is -8.50. The van der Waals surface area contributed by atoms with Crippen LogP contribution in [-0.4, -0.2) is 66.7 Å². The Morgan fingerprint density at radius 1 is 0.707 bits per heavy atom. The van der Waals surface area contributed by atoms with Crippen LogP contribution >= 0.6 is 23.1 Å².